The predicted octanol–water partition coefficient (Wildman–Crippen LogP) is 3.14. The van der Waals surface area contributed by atoms with E-state index in [1.807, 2.05) is 13.0 Å². The summed E-state index contributed by atoms with van der Waals surface area (Å²) in [5, 5.41) is 2.86. The number of aromatic amines is 1. The van der Waals surface area contributed by atoms with E-state index in [4.69, 9.17) is 9.47 Å². The molecule has 0 aliphatic rings. The third kappa shape index (κ3) is 2.83. The summed E-state index contributed by atoms with van der Waals surface area (Å²) < 4.78 is 10.6. The van der Waals surface area contributed by atoms with E-state index in [2.05, 4.69) is 15.3 Å². The molecule has 0 saturated carbocycles. The maximum atomic E-state index is 12.5. The van der Waals surface area contributed by atoms with Crippen molar-refractivity contribution in [3.63, 3.8) is 0 Å². The number of nitrogens with one attached hydrogen (secondary N) is 2. The van der Waals surface area contributed by atoms with E-state index in [0.29, 0.717) is 22.7 Å². The second-order valence-electron chi connectivity index (χ2n) is 5.11. The van der Waals surface area contributed by atoms with Crippen molar-refractivity contribution in [3.8, 4) is 11.5 Å². The van der Waals surface area contributed by atoms with Gasteiger partial charge < -0.3 is 19.8 Å². The van der Waals surface area contributed by atoms with Gasteiger partial charge in [-0.3, -0.25) is 4.79 Å². The standard InChI is InChI=1S/C17H17N3O3/c1-10-6-16(23-3)14(8-15(10)22-2)20-17(21)11-4-5-12-13(7-11)19-9-18-12/h4-9H,1-3H3,(H,18,19)(H,20,21). The van der Waals surface area contributed by atoms with Crippen LogP contribution < -0.4 is 14.8 Å². The molecule has 1 aromatic heterocycles. The van der Waals surface area contributed by atoms with Crippen molar-refractivity contribution in [2.75, 3.05) is 19.5 Å². The van der Waals surface area contributed by atoms with Gasteiger partial charge in [0.1, 0.15) is 11.5 Å². The molecule has 2 N–H and O–H groups in total. The summed E-state index contributed by atoms with van der Waals surface area (Å²) in [4.78, 5) is 19.6. The lowest BCUT2D eigenvalue weighted by Crippen LogP contribution is -2.13. The number of carbonyl (C=O) groups is 1. The highest BCUT2D eigenvalue weighted by Gasteiger charge is 2.13. The van der Waals surface area contributed by atoms with Crippen LogP contribution in [0, 0.1) is 6.92 Å². The number of amides is 1. The van der Waals surface area contributed by atoms with Crippen molar-refractivity contribution < 1.29 is 14.3 Å². The Balaban J connectivity index is 1.92. The van der Waals surface area contributed by atoms with Gasteiger partial charge in [-0.05, 0) is 36.8 Å². The third-order valence-corrected chi connectivity index (χ3v) is 3.65. The van der Waals surface area contributed by atoms with Gasteiger partial charge in [-0.1, -0.05) is 0 Å². The normalized spacial score (nSPS) is 10.6. The van der Waals surface area contributed by atoms with Gasteiger partial charge in [0.25, 0.3) is 5.91 Å². The second kappa shape index (κ2) is 6.00. The van der Waals surface area contributed by atoms with Crippen LogP contribution in [0.3, 0.4) is 0 Å². The fraction of sp³-hybridized carbons (Fsp3) is 0.176. The van der Waals surface area contributed by atoms with Gasteiger partial charge in [-0.2, -0.15) is 0 Å². The monoisotopic (exact) mass is 311 g/mol. The van der Waals surface area contributed by atoms with Crippen molar-refractivity contribution in [2.45, 2.75) is 6.92 Å². The summed E-state index contributed by atoms with van der Waals surface area (Å²) in [5.74, 6) is 1.04. The number of anilines is 1. The van der Waals surface area contributed by atoms with Crippen LogP contribution in [0.1, 0.15) is 15.9 Å². The number of aromatic nitrogens is 2. The van der Waals surface area contributed by atoms with E-state index in [1.165, 1.54) is 0 Å². The Morgan fingerprint density at radius 3 is 2.65 bits per heavy atom. The number of benzene rings is 2. The number of imidazole rings is 1. The lowest BCUT2D eigenvalue weighted by atomic mass is 10.1. The average molecular weight is 311 g/mol. The Labute approximate surface area is 133 Å². The molecule has 1 amide bonds. The van der Waals surface area contributed by atoms with E-state index < -0.39 is 0 Å². The molecular formula is C17H17N3O3. The number of ether oxygens (including phenoxy) is 2. The lowest BCUT2D eigenvalue weighted by molar-refractivity contribution is 0.102. The predicted molar refractivity (Wildman–Crippen MR) is 88.3 cm³/mol. The molecule has 6 heteroatoms. The summed E-state index contributed by atoms with van der Waals surface area (Å²) in [6.45, 7) is 1.92. The van der Waals surface area contributed by atoms with Crippen molar-refractivity contribution in [1.82, 2.24) is 9.97 Å². The number of hydrogen-bond donors (Lipinski definition) is 2. The molecule has 6 nitrogen and oxygen atoms in total. The van der Waals surface area contributed by atoms with Crippen LogP contribution in [0.4, 0.5) is 5.69 Å². The molecule has 0 unspecified atom stereocenters. The van der Waals surface area contributed by atoms with E-state index in [-0.39, 0.29) is 5.91 Å². The molecule has 0 fully saturated rings. The number of methoxy groups -OCH3 is 2. The third-order valence-electron chi connectivity index (χ3n) is 3.65. The van der Waals surface area contributed by atoms with Gasteiger partial charge in [-0.15, -0.1) is 0 Å². The molecular weight excluding hydrogens is 294 g/mol. The summed E-state index contributed by atoms with van der Waals surface area (Å²) >= 11 is 0. The Kier molecular flexibility index (Phi) is 3.89. The van der Waals surface area contributed by atoms with Gasteiger partial charge in [0.05, 0.1) is 37.3 Å². The zero-order chi connectivity index (χ0) is 16.4. The van der Waals surface area contributed by atoms with Crippen LogP contribution in [0.25, 0.3) is 11.0 Å². The first-order chi connectivity index (χ1) is 11.1. The summed E-state index contributed by atoms with van der Waals surface area (Å²) in [6, 6.07) is 8.87. The Morgan fingerprint density at radius 1 is 1.13 bits per heavy atom. The van der Waals surface area contributed by atoms with Crippen molar-refractivity contribution >= 4 is 22.6 Å². The van der Waals surface area contributed by atoms with Crippen LogP contribution in [-0.4, -0.2) is 30.1 Å². The highest BCUT2D eigenvalue weighted by atomic mass is 16.5. The van der Waals surface area contributed by atoms with Crippen molar-refractivity contribution in [2.24, 2.45) is 0 Å². The Hall–Kier alpha value is -3.02. The van der Waals surface area contributed by atoms with Crippen LogP contribution in [0.15, 0.2) is 36.7 Å². The molecule has 2 aromatic carbocycles. The molecule has 3 aromatic rings. The summed E-state index contributed by atoms with van der Waals surface area (Å²) in [5.41, 5.74) is 3.65. The van der Waals surface area contributed by atoms with Crippen LogP contribution in [-0.2, 0) is 0 Å². The van der Waals surface area contributed by atoms with Gasteiger partial charge in [-0.25, -0.2) is 4.98 Å². The number of aryl methyl sites for hydroxylation is 1. The van der Waals surface area contributed by atoms with E-state index in [9.17, 15) is 4.79 Å². The first kappa shape index (κ1) is 14.9. The molecule has 23 heavy (non-hydrogen) atoms. The average Bonchev–Trinajstić information content (AvgIpc) is 3.03. The van der Waals surface area contributed by atoms with Gasteiger partial charge in [0.15, 0.2) is 0 Å². The molecule has 0 spiro atoms. The maximum absolute atomic E-state index is 12.5. The smallest absolute Gasteiger partial charge is 0.255 e. The second-order valence-corrected chi connectivity index (χ2v) is 5.11. The minimum Gasteiger partial charge on any atom is -0.496 e. The first-order valence-electron chi connectivity index (χ1n) is 7.09. The van der Waals surface area contributed by atoms with Crippen LogP contribution in [0.5, 0.6) is 11.5 Å². The fourth-order valence-electron chi connectivity index (χ4n) is 2.42. The number of H-pyrrole nitrogens is 1. The van der Waals surface area contributed by atoms with Crippen LogP contribution >= 0.6 is 0 Å². The zero-order valence-corrected chi connectivity index (χ0v) is 13.1. The topological polar surface area (TPSA) is 76.2 Å². The molecule has 0 radical (unpaired) electrons. The molecule has 0 aliphatic carbocycles. The molecule has 0 bridgehead atoms. The van der Waals surface area contributed by atoms with Gasteiger partial charge >= 0.3 is 0 Å². The summed E-state index contributed by atoms with van der Waals surface area (Å²) in [6.07, 6.45) is 1.60. The van der Waals surface area contributed by atoms with E-state index >= 15 is 0 Å². The largest absolute Gasteiger partial charge is 0.496 e. The number of nitrogens with zero attached hydrogens (tertiary/aromatic N) is 1. The molecule has 0 aliphatic heterocycles. The Bertz CT molecular complexity index is 871. The zero-order valence-electron chi connectivity index (χ0n) is 13.1. The molecule has 3 rings (SSSR count). The van der Waals surface area contributed by atoms with E-state index in [1.54, 1.807) is 44.8 Å². The maximum Gasteiger partial charge on any atom is 0.255 e. The molecule has 0 atom stereocenters. The summed E-state index contributed by atoms with van der Waals surface area (Å²) in [7, 11) is 3.15. The SMILES string of the molecule is COc1cc(NC(=O)c2ccc3nc[nH]c3c2)c(OC)cc1C. The minimum atomic E-state index is -0.231. The number of carbonyl (C=O) groups excluding carboxylic acids is 1. The van der Waals surface area contributed by atoms with Crippen LogP contribution in [0.2, 0.25) is 0 Å². The van der Waals surface area contributed by atoms with Gasteiger partial charge in [0, 0.05) is 11.6 Å². The highest BCUT2D eigenvalue weighted by Crippen LogP contribution is 2.32. The van der Waals surface area contributed by atoms with Crippen molar-refractivity contribution in [1.29, 1.82) is 0 Å². The quantitative estimate of drug-likeness (QED) is 0.776. The minimum absolute atomic E-state index is 0.231. The van der Waals surface area contributed by atoms with Gasteiger partial charge in [0.2, 0.25) is 0 Å². The fourth-order valence-corrected chi connectivity index (χ4v) is 2.42. The Morgan fingerprint density at radius 2 is 1.91 bits per heavy atom. The number of fused-ring (bicyclic) bond motifs is 1. The molecule has 0 saturated heterocycles. The lowest BCUT2D eigenvalue weighted by Gasteiger charge is -2.14. The first-order valence-corrected chi connectivity index (χ1v) is 7.09. The van der Waals surface area contributed by atoms with E-state index in [0.717, 1.165) is 16.6 Å². The number of rotatable bonds is 4. The number of hydrogen-bond acceptors (Lipinski definition) is 4. The molecule has 1 heterocycles. The van der Waals surface area contributed by atoms with Crippen molar-refractivity contribution in [3.05, 3.63) is 47.8 Å². The molecule has 118 valence electrons. The highest BCUT2D eigenvalue weighted by molar-refractivity contribution is 6.06.